The van der Waals surface area contributed by atoms with E-state index in [1.807, 2.05) is 0 Å². The maximum absolute atomic E-state index is 13.2. The number of carbonyl (C=O) groups excluding carboxylic acids is 1. The van der Waals surface area contributed by atoms with Gasteiger partial charge in [0.25, 0.3) is 0 Å². The highest BCUT2D eigenvalue weighted by molar-refractivity contribution is 5.71. The number of nitrogens with two attached hydrogens (primary N) is 1. The molecule has 0 saturated carbocycles. The number of primary amides is 1. The summed E-state index contributed by atoms with van der Waals surface area (Å²) in [5.74, 6) is -1.60. The van der Waals surface area contributed by atoms with Crippen LogP contribution in [-0.4, -0.2) is 12.4 Å². The minimum atomic E-state index is -4.88. The molecule has 0 radical (unpaired) electrons. The van der Waals surface area contributed by atoms with Gasteiger partial charge in [0.2, 0.25) is 0 Å². The zero-order valence-corrected chi connectivity index (χ0v) is 8.34. The molecule has 0 aliphatic heterocycles. The fraction of sp³-hybridized carbons (Fsp3) is 0.222. The standard InChI is InChI=1S/C9H8F4N2O2/c10-7-3-6(17-9(11,12)13)2-1-5(7)4-15-8(14)16/h1-3H,4H2,(H3,14,15,16). The Kier molecular flexibility index (Phi) is 3.77. The number of carbonyl (C=O) groups is 1. The van der Waals surface area contributed by atoms with Gasteiger partial charge < -0.3 is 15.8 Å². The van der Waals surface area contributed by atoms with Gasteiger partial charge in [-0.25, -0.2) is 9.18 Å². The fourth-order valence-corrected chi connectivity index (χ4v) is 1.05. The van der Waals surface area contributed by atoms with Gasteiger partial charge in [-0.3, -0.25) is 0 Å². The first-order valence-electron chi connectivity index (χ1n) is 4.35. The number of alkyl halides is 3. The number of nitrogens with one attached hydrogen (secondary N) is 1. The van der Waals surface area contributed by atoms with E-state index in [1.165, 1.54) is 0 Å². The van der Waals surface area contributed by atoms with Crippen molar-refractivity contribution in [2.75, 3.05) is 0 Å². The zero-order valence-electron chi connectivity index (χ0n) is 8.34. The van der Waals surface area contributed by atoms with Crippen molar-refractivity contribution in [3.8, 4) is 5.75 Å². The molecule has 0 aromatic heterocycles. The van der Waals surface area contributed by atoms with Crippen molar-refractivity contribution < 1.29 is 27.1 Å². The molecular weight excluding hydrogens is 244 g/mol. The Hall–Kier alpha value is -1.99. The first-order chi connectivity index (χ1) is 7.78. The van der Waals surface area contributed by atoms with Crippen LogP contribution in [0.2, 0.25) is 0 Å². The van der Waals surface area contributed by atoms with E-state index in [1.54, 1.807) is 0 Å². The van der Waals surface area contributed by atoms with Crippen LogP contribution in [0.1, 0.15) is 5.56 Å². The number of hydrogen-bond acceptors (Lipinski definition) is 2. The molecule has 0 heterocycles. The second kappa shape index (κ2) is 4.89. The highest BCUT2D eigenvalue weighted by Crippen LogP contribution is 2.24. The lowest BCUT2D eigenvalue weighted by molar-refractivity contribution is -0.274. The molecule has 1 aromatic rings. The molecule has 0 atom stereocenters. The third-order valence-electron chi connectivity index (χ3n) is 1.71. The lowest BCUT2D eigenvalue weighted by Gasteiger charge is -2.10. The van der Waals surface area contributed by atoms with Gasteiger partial charge in [0.15, 0.2) is 0 Å². The summed E-state index contributed by atoms with van der Waals surface area (Å²) in [5, 5.41) is 2.11. The van der Waals surface area contributed by atoms with Crippen LogP contribution in [0, 0.1) is 5.82 Å². The van der Waals surface area contributed by atoms with Crippen molar-refractivity contribution in [3.63, 3.8) is 0 Å². The molecule has 1 rings (SSSR count). The predicted molar refractivity (Wildman–Crippen MR) is 49.5 cm³/mol. The molecular formula is C9H8F4N2O2. The van der Waals surface area contributed by atoms with Crippen molar-refractivity contribution in [2.45, 2.75) is 12.9 Å². The van der Waals surface area contributed by atoms with Crippen LogP contribution in [-0.2, 0) is 6.54 Å². The van der Waals surface area contributed by atoms with Crippen molar-refractivity contribution in [2.24, 2.45) is 5.73 Å². The average molecular weight is 252 g/mol. The van der Waals surface area contributed by atoms with Crippen molar-refractivity contribution in [1.29, 1.82) is 0 Å². The molecule has 0 spiro atoms. The van der Waals surface area contributed by atoms with Gasteiger partial charge in [0.1, 0.15) is 11.6 Å². The van der Waals surface area contributed by atoms with Crippen molar-refractivity contribution in [3.05, 3.63) is 29.6 Å². The van der Waals surface area contributed by atoms with Gasteiger partial charge in [-0.15, -0.1) is 13.2 Å². The minimum absolute atomic E-state index is 0.00155. The molecule has 4 nitrogen and oxygen atoms in total. The molecule has 17 heavy (non-hydrogen) atoms. The van der Waals surface area contributed by atoms with Gasteiger partial charge in [0.05, 0.1) is 0 Å². The lowest BCUT2D eigenvalue weighted by atomic mass is 10.2. The fourth-order valence-electron chi connectivity index (χ4n) is 1.05. The number of hydrogen-bond donors (Lipinski definition) is 2. The van der Waals surface area contributed by atoms with Crippen LogP contribution < -0.4 is 15.8 Å². The SMILES string of the molecule is NC(=O)NCc1ccc(OC(F)(F)F)cc1F. The van der Waals surface area contributed by atoms with E-state index in [0.717, 1.165) is 12.1 Å². The molecule has 2 amide bonds. The Morgan fingerprint density at radius 1 is 1.41 bits per heavy atom. The van der Waals surface area contributed by atoms with Crippen LogP contribution in [0.4, 0.5) is 22.4 Å². The second-order valence-corrected chi connectivity index (χ2v) is 3.02. The lowest BCUT2D eigenvalue weighted by Crippen LogP contribution is -2.29. The normalized spacial score (nSPS) is 11.1. The molecule has 0 saturated heterocycles. The van der Waals surface area contributed by atoms with Gasteiger partial charge in [-0.2, -0.15) is 0 Å². The molecule has 1 aromatic carbocycles. The number of urea groups is 1. The Bertz CT molecular complexity index is 420. The first-order valence-corrected chi connectivity index (χ1v) is 4.35. The van der Waals surface area contributed by atoms with E-state index >= 15 is 0 Å². The van der Waals surface area contributed by atoms with E-state index in [0.29, 0.717) is 6.07 Å². The maximum Gasteiger partial charge on any atom is 0.573 e. The zero-order chi connectivity index (χ0) is 13.1. The summed E-state index contributed by atoms with van der Waals surface area (Å²) in [6.45, 7) is -0.215. The van der Waals surface area contributed by atoms with Crippen LogP contribution in [0.15, 0.2) is 18.2 Å². The van der Waals surface area contributed by atoms with Gasteiger partial charge in [0, 0.05) is 18.2 Å². The van der Waals surface area contributed by atoms with Gasteiger partial charge >= 0.3 is 12.4 Å². The Morgan fingerprint density at radius 3 is 2.53 bits per heavy atom. The minimum Gasteiger partial charge on any atom is -0.406 e. The first kappa shape index (κ1) is 13.1. The van der Waals surface area contributed by atoms with Crippen LogP contribution in [0.25, 0.3) is 0 Å². The van der Waals surface area contributed by atoms with E-state index < -0.39 is 24.0 Å². The highest BCUT2D eigenvalue weighted by atomic mass is 19.4. The topological polar surface area (TPSA) is 64.4 Å². The summed E-state index contributed by atoms with van der Waals surface area (Å²) in [5.41, 5.74) is 4.76. The third kappa shape index (κ3) is 4.58. The molecule has 0 unspecified atom stereocenters. The molecule has 8 heteroatoms. The summed E-state index contributed by atoms with van der Waals surface area (Å²) in [6, 6.07) is 1.71. The van der Waals surface area contributed by atoms with Crippen LogP contribution in [0.5, 0.6) is 5.75 Å². The number of benzene rings is 1. The molecule has 94 valence electrons. The number of rotatable bonds is 3. The van der Waals surface area contributed by atoms with Gasteiger partial charge in [-0.1, -0.05) is 6.07 Å². The summed E-state index contributed by atoms with van der Waals surface area (Å²) in [4.78, 5) is 10.4. The Labute approximate surface area is 93.4 Å². The average Bonchev–Trinajstić information content (AvgIpc) is 2.13. The molecule has 0 aliphatic carbocycles. The van der Waals surface area contributed by atoms with Crippen LogP contribution >= 0.6 is 0 Å². The summed E-state index contributed by atoms with van der Waals surface area (Å²) < 4.78 is 52.2. The summed E-state index contributed by atoms with van der Waals surface area (Å²) in [6.07, 6.45) is -4.88. The molecule has 3 N–H and O–H groups in total. The molecule has 0 bridgehead atoms. The summed E-state index contributed by atoms with van der Waals surface area (Å²) in [7, 11) is 0. The molecule has 0 aliphatic rings. The van der Waals surface area contributed by atoms with Crippen LogP contribution in [0.3, 0.4) is 0 Å². The number of amides is 2. The highest BCUT2D eigenvalue weighted by Gasteiger charge is 2.31. The van der Waals surface area contributed by atoms with E-state index in [9.17, 15) is 22.4 Å². The van der Waals surface area contributed by atoms with Crippen molar-refractivity contribution in [1.82, 2.24) is 5.32 Å². The third-order valence-corrected chi connectivity index (χ3v) is 1.71. The monoisotopic (exact) mass is 252 g/mol. The van der Waals surface area contributed by atoms with Crippen molar-refractivity contribution >= 4 is 6.03 Å². The predicted octanol–water partition coefficient (Wildman–Crippen LogP) is 1.89. The van der Waals surface area contributed by atoms with E-state index in [4.69, 9.17) is 5.73 Å². The maximum atomic E-state index is 13.2. The number of halogens is 4. The smallest absolute Gasteiger partial charge is 0.406 e. The van der Waals surface area contributed by atoms with E-state index in [-0.39, 0.29) is 12.1 Å². The van der Waals surface area contributed by atoms with E-state index in [2.05, 4.69) is 10.1 Å². The Balaban J connectivity index is 2.76. The largest absolute Gasteiger partial charge is 0.573 e. The van der Waals surface area contributed by atoms with Gasteiger partial charge in [-0.05, 0) is 6.07 Å². The molecule has 0 fully saturated rings. The Morgan fingerprint density at radius 2 is 2.06 bits per heavy atom. The second-order valence-electron chi connectivity index (χ2n) is 3.02. The summed E-state index contributed by atoms with van der Waals surface area (Å²) >= 11 is 0. The number of ether oxygens (including phenoxy) is 1. The quantitative estimate of drug-likeness (QED) is 0.807.